The molecule has 116 valence electrons. The number of nitrogens with one attached hydrogen (secondary N) is 1. The largest absolute Gasteiger partial charge is 0.352 e. The zero-order valence-corrected chi connectivity index (χ0v) is 13.0. The molecular formula is C15H30N4O. The van der Waals surface area contributed by atoms with E-state index in [0.717, 1.165) is 52.0 Å². The highest BCUT2D eigenvalue weighted by atomic mass is 16.2. The number of nitrogens with zero attached hydrogens (tertiary/aromatic N) is 2. The summed E-state index contributed by atoms with van der Waals surface area (Å²) in [6, 6.07) is 0.227. The normalized spacial score (nSPS) is 30.4. The Hall–Kier alpha value is -0.650. The van der Waals surface area contributed by atoms with Crippen LogP contribution in [0.25, 0.3) is 0 Å². The topological polar surface area (TPSA) is 61.6 Å². The van der Waals surface area contributed by atoms with Crippen molar-refractivity contribution in [2.75, 3.05) is 46.3 Å². The highest BCUT2D eigenvalue weighted by Gasteiger charge is 2.32. The molecule has 1 aliphatic heterocycles. The van der Waals surface area contributed by atoms with Gasteiger partial charge in [0.25, 0.3) is 0 Å². The van der Waals surface area contributed by atoms with Crippen LogP contribution in [0.2, 0.25) is 0 Å². The Morgan fingerprint density at radius 3 is 2.65 bits per heavy atom. The molecule has 1 unspecified atom stereocenters. The van der Waals surface area contributed by atoms with Gasteiger partial charge in [-0.2, -0.15) is 0 Å². The minimum Gasteiger partial charge on any atom is -0.352 e. The molecule has 1 heterocycles. The van der Waals surface area contributed by atoms with E-state index in [1.807, 2.05) is 0 Å². The van der Waals surface area contributed by atoms with Crippen LogP contribution < -0.4 is 11.1 Å². The predicted molar refractivity (Wildman–Crippen MR) is 81.4 cm³/mol. The lowest BCUT2D eigenvalue weighted by atomic mass is 9.95. The number of carbonyl (C=O) groups is 1. The van der Waals surface area contributed by atoms with Crippen LogP contribution in [0.5, 0.6) is 0 Å². The van der Waals surface area contributed by atoms with Crippen LogP contribution in [-0.4, -0.2) is 68.1 Å². The minimum atomic E-state index is 0.148. The number of hydrogen-bond donors (Lipinski definition) is 2. The zero-order chi connectivity index (χ0) is 14.5. The molecule has 0 spiro atoms. The van der Waals surface area contributed by atoms with Gasteiger partial charge in [-0.3, -0.25) is 9.69 Å². The number of piperazine rings is 1. The van der Waals surface area contributed by atoms with Crippen LogP contribution in [0.15, 0.2) is 0 Å². The maximum absolute atomic E-state index is 12.3. The molecule has 2 aliphatic rings. The summed E-state index contributed by atoms with van der Waals surface area (Å²) in [5, 5.41) is 3.19. The molecule has 0 aromatic carbocycles. The average Bonchev–Trinajstić information content (AvgIpc) is 2.89. The van der Waals surface area contributed by atoms with Crippen LogP contribution >= 0.6 is 0 Å². The van der Waals surface area contributed by atoms with Crippen molar-refractivity contribution in [3.05, 3.63) is 0 Å². The lowest BCUT2D eigenvalue weighted by molar-refractivity contribution is -0.126. The van der Waals surface area contributed by atoms with Gasteiger partial charge in [-0.05, 0) is 39.3 Å². The molecule has 0 aromatic rings. The van der Waals surface area contributed by atoms with Gasteiger partial charge in [0.05, 0.1) is 0 Å². The number of nitrogens with two attached hydrogens (primary N) is 1. The molecule has 20 heavy (non-hydrogen) atoms. The molecule has 2 fully saturated rings. The molecule has 1 saturated heterocycles. The summed E-state index contributed by atoms with van der Waals surface area (Å²) in [4.78, 5) is 17.1. The van der Waals surface area contributed by atoms with E-state index in [9.17, 15) is 4.79 Å². The van der Waals surface area contributed by atoms with Crippen molar-refractivity contribution in [3.8, 4) is 0 Å². The second-order valence-corrected chi connectivity index (χ2v) is 6.55. The zero-order valence-electron chi connectivity index (χ0n) is 13.0. The molecule has 1 amide bonds. The lowest BCUT2D eigenvalue weighted by Crippen LogP contribution is -2.50. The van der Waals surface area contributed by atoms with Crippen LogP contribution in [-0.2, 0) is 4.79 Å². The van der Waals surface area contributed by atoms with E-state index in [1.165, 1.54) is 0 Å². The molecule has 2 rings (SSSR count). The molecule has 1 aliphatic carbocycles. The summed E-state index contributed by atoms with van der Waals surface area (Å²) in [7, 11) is 2.16. The summed E-state index contributed by atoms with van der Waals surface area (Å²) >= 11 is 0. The van der Waals surface area contributed by atoms with E-state index in [0.29, 0.717) is 12.5 Å². The van der Waals surface area contributed by atoms with Gasteiger partial charge >= 0.3 is 0 Å². The summed E-state index contributed by atoms with van der Waals surface area (Å²) in [6.45, 7) is 8.17. The molecule has 5 heteroatoms. The molecule has 1 saturated carbocycles. The smallest absolute Gasteiger partial charge is 0.223 e. The Bertz CT molecular complexity index is 315. The van der Waals surface area contributed by atoms with Crippen LogP contribution in [0.4, 0.5) is 0 Å². The van der Waals surface area contributed by atoms with Crippen molar-refractivity contribution >= 4 is 5.91 Å². The fourth-order valence-corrected chi connectivity index (χ4v) is 3.48. The number of rotatable bonds is 5. The SMILES string of the molecule is CC(CN1CCN(C)CC1)NC(=O)[C@@H]1CCC[C@@H]1CN. The van der Waals surface area contributed by atoms with Crippen molar-refractivity contribution in [1.29, 1.82) is 0 Å². The first kappa shape index (κ1) is 15.7. The number of amides is 1. The monoisotopic (exact) mass is 282 g/mol. The Labute approximate surface area is 122 Å². The third kappa shape index (κ3) is 4.17. The van der Waals surface area contributed by atoms with E-state index < -0.39 is 0 Å². The van der Waals surface area contributed by atoms with E-state index in [4.69, 9.17) is 5.73 Å². The van der Waals surface area contributed by atoms with Crippen LogP contribution in [0.3, 0.4) is 0 Å². The maximum atomic E-state index is 12.3. The van der Waals surface area contributed by atoms with Gasteiger partial charge in [0.2, 0.25) is 5.91 Å². The maximum Gasteiger partial charge on any atom is 0.223 e. The minimum absolute atomic E-state index is 0.148. The van der Waals surface area contributed by atoms with Gasteiger partial charge in [0, 0.05) is 44.7 Å². The van der Waals surface area contributed by atoms with E-state index in [1.54, 1.807) is 0 Å². The van der Waals surface area contributed by atoms with Gasteiger partial charge in [0.1, 0.15) is 0 Å². The first-order valence-electron chi connectivity index (χ1n) is 8.01. The Morgan fingerprint density at radius 1 is 1.30 bits per heavy atom. The molecule has 0 aromatic heterocycles. The van der Waals surface area contributed by atoms with Crippen molar-refractivity contribution in [2.45, 2.75) is 32.2 Å². The first-order valence-corrected chi connectivity index (χ1v) is 8.01. The van der Waals surface area contributed by atoms with Gasteiger partial charge in [-0.25, -0.2) is 0 Å². The average molecular weight is 282 g/mol. The summed E-state index contributed by atoms with van der Waals surface area (Å²) in [5.41, 5.74) is 5.76. The van der Waals surface area contributed by atoms with Crippen molar-refractivity contribution in [3.63, 3.8) is 0 Å². The third-order valence-electron chi connectivity index (χ3n) is 4.82. The van der Waals surface area contributed by atoms with Crippen molar-refractivity contribution in [2.24, 2.45) is 17.6 Å². The molecule has 3 atom stereocenters. The summed E-state index contributed by atoms with van der Waals surface area (Å²) < 4.78 is 0. The van der Waals surface area contributed by atoms with Gasteiger partial charge < -0.3 is 16.0 Å². The third-order valence-corrected chi connectivity index (χ3v) is 4.82. The number of likely N-dealkylation sites (N-methyl/N-ethyl adjacent to an activating group) is 1. The summed E-state index contributed by atoms with van der Waals surface area (Å²) in [6.07, 6.45) is 3.27. The fraction of sp³-hybridized carbons (Fsp3) is 0.933. The summed E-state index contributed by atoms with van der Waals surface area (Å²) in [5.74, 6) is 0.764. The van der Waals surface area contributed by atoms with E-state index in [-0.39, 0.29) is 17.9 Å². The van der Waals surface area contributed by atoms with Gasteiger partial charge in [-0.15, -0.1) is 0 Å². The highest BCUT2D eigenvalue weighted by Crippen LogP contribution is 2.31. The van der Waals surface area contributed by atoms with Crippen molar-refractivity contribution < 1.29 is 4.79 Å². The molecule has 3 N–H and O–H groups in total. The first-order chi connectivity index (χ1) is 9.60. The standard InChI is InChI=1S/C15H30N4O/c1-12(11-19-8-6-18(2)7-9-19)17-15(20)14-5-3-4-13(14)10-16/h12-14H,3-11,16H2,1-2H3,(H,17,20)/t12?,13-,14-/m1/s1. The van der Waals surface area contributed by atoms with Crippen molar-refractivity contribution in [1.82, 2.24) is 15.1 Å². The van der Waals surface area contributed by atoms with Gasteiger partial charge in [0.15, 0.2) is 0 Å². The molecule has 5 nitrogen and oxygen atoms in total. The quantitative estimate of drug-likeness (QED) is 0.751. The van der Waals surface area contributed by atoms with Crippen LogP contribution in [0.1, 0.15) is 26.2 Å². The molecular weight excluding hydrogens is 252 g/mol. The Kier molecular flexibility index (Phi) is 5.81. The highest BCUT2D eigenvalue weighted by molar-refractivity contribution is 5.79. The van der Waals surface area contributed by atoms with E-state index in [2.05, 4.69) is 29.1 Å². The molecule has 0 bridgehead atoms. The number of hydrogen-bond acceptors (Lipinski definition) is 4. The predicted octanol–water partition coefficient (Wildman–Crippen LogP) is 0.114. The Balaban J connectivity index is 1.73. The number of carbonyl (C=O) groups excluding carboxylic acids is 1. The fourth-order valence-electron chi connectivity index (χ4n) is 3.48. The molecule has 0 radical (unpaired) electrons. The lowest BCUT2D eigenvalue weighted by Gasteiger charge is -2.34. The van der Waals surface area contributed by atoms with Crippen LogP contribution in [0, 0.1) is 11.8 Å². The second kappa shape index (κ2) is 7.38. The van der Waals surface area contributed by atoms with E-state index >= 15 is 0 Å². The van der Waals surface area contributed by atoms with Gasteiger partial charge in [-0.1, -0.05) is 6.42 Å². The Morgan fingerprint density at radius 2 is 2.00 bits per heavy atom. The second-order valence-electron chi connectivity index (χ2n) is 6.55.